The smallest absolute Gasteiger partial charge is 0.166 e. The highest BCUT2D eigenvalue weighted by Crippen LogP contribution is 2.55. The van der Waals surface area contributed by atoms with Gasteiger partial charge < -0.3 is 4.74 Å². The molecule has 2 aromatic carbocycles. The summed E-state index contributed by atoms with van der Waals surface area (Å²) in [6.45, 7) is 4.67. The summed E-state index contributed by atoms with van der Waals surface area (Å²) in [5, 5.41) is 0. The van der Waals surface area contributed by atoms with Gasteiger partial charge in [0, 0.05) is 5.56 Å². The van der Waals surface area contributed by atoms with E-state index in [1.807, 2.05) is 24.3 Å². The van der Waals surface area contributed by atoms with E-state index in [1.165, 1.54) is 31.2 Å². The third-order valence-corrected chi connectivity index (χ3v) is 6.55. The Morgan fingerprint density at radius 3 is 2.19 bits per heavy atom. The van der Waals surface area contributed by atoms with Crippen LogP contribution >= 0.6 is 0 Å². The van der Waals surface area contributed by atoms with Gasteiger partial charge in [0.25, 0.3) is 0 Å². The van der Waals surface area contributed by atoms with Crippen molar-refractivity contribution >= 4 is 0 Å². The number of hydrogen-bond acceptors (Lipinski definition) is 1. The highest BCUT2D eigenvalue weighted by molar-refractivity contribution is 5.65. The van der Waals surface area contributed by atoms with Crippen LogP contribution in [0.25, 0.3) is 11.1 Å². The van der Waals surface area contributed by atoms with Crippen molar-refractivity contribution in [3.8, 4) is 11.1 Å². The third-order valence-electron chi connectivity index (χ3n) is 6.55. The lowest BCUT2D eigenvalue weighted by atomic mass is 9.62. The molecule has 2 aromatic rings. The van der Waals surface area contributed by atoms with Gasteiger partial charge in [0.1, 0.15) is 0 Å². The van der Waals surface area contributed by atoms with Crippen LogP contribution in [0.4, 0.5) is 8.78 Å². The monoisotopic (exact) mass is 356 g/mol. The van der Waals surface area contributed by atoms with E-state index in [0.29, 0.717) is 22.1 Å². The van der Waals surface area contributed by atoms with Crippen LogP contribution in [0.3, 0.4) is 0 Å². The molecule has 5 rings (SSSR count). The molecule has 0 N–H and O–H groups in total. The maximum absolute atomic E-state index is 14.3. The number of fused-ring (bicyclic) bond motifs is 3. The summed E-state index contributed by atoms with van der Waals surface area (Å²) >= 11 is 0. The second kappa shape index (κ2) is 6.45. The second-order valence-electron chi connectivity index (χ2n) is 8.17. The summed E-state index contributed by atoms with van der Waals surface area (Å²) in [5.41, 5.74) is 2.71. The first kappa shape index (κ1) is 17.7. The topological polar surface area (TPSA) is 9.23 Å². The molecule has 1 nitrogen and oxygen atoms in total. The molecule has 26 heavy (non-hydrogen) atoms. The van der Waals surface area contributed by atoms with Crippen LogP contribution in [0, 0.1) is 24.0 Å². The Labute approximate surface area is 154 Å². The van der Waals surface area contributed by atoms with Crippen molar-refractivity contribution in [1.29, 1.82) is 0 Å². The normalized spacial score (nSPS) is 27.7. The average Bonchev–Trinajstić information content (AvgIpc) is 2.68. The van der Waals surface area contributed by atoms with Gasteiger partial charge in [0.2, 0.25) is 0 Å². The van der Waals surface area contributed by atoms with Gasteiger partial charge in [-0.1, -0.05) is 49.7 Å². The molecule has 3 aliphatic rings. The van der Waals surface area contributed by atoms with E-state index in [1.54, 1.807) is 19.1 Å². The van der Waals surface area contributed by atoms with Crippen molar-refractivity contribution < 1.29 is 13.5 Å². The lowest BCUT2D eigenvalue weighted by Gasteiger charge is -2.53. The van der Waals surface area contributed by atoms with Gasteiger partial charge in [-0.25, -0.2) is 8.78 Å². The first-order valence-electron chi connectivity index (χ1n) is 9.68. The Balaban J connectivity index is 1.59. The second-order valence-corrected chi connectivity index (χ2v) is 8.17. The zero-order valence-corrected chi connectivity index (χ0v) is 15.6. The van der Waals surface area contributed by atoms with Crippen LogP contribution in [0.5, 0.6) is 0 Å². The van der Waals surface area contributed by atoms with Crippen LogP contribution in [-0.4, -0.2) is 6.61 Å². The molecular formula is C23H26F2O. The largest absolute Gasteiger partial charge is 0.370 e. The molecule has 1 saturated carbocycles. The SMILES string of the molecule is CCCC12CCC(c3ccc(-c4ccc(C)c(F)c4F)cc3)(CC1)OC2. The van der Waals surface area contributed by atoms with Crippen molar-refractivity contribution in [2.24, 2.45) is 5.41 Å². The number of benzene rings is 2. The minimum Gasteiger partial charge on any atom is -0.370 e. The van der Waals surface area contributed by atoms with Crippen LogP contribution in [0.1, 0.15) is 56.6 Å². The zero-order chi connectivity index (χ0) is 18.4. The summed E-state index contributed by atoms with van der Waals surface area (Å²) in [7, 11) is 0. The molecule has 0 spiro atoms. The fourth-order valence-corrected chi connectivity index (χ4v) is 4.81. The standard InChI is InChI=1S/C23H26F2O/c1-3-10-22-11-13-23(14-12-22,26-15-22)18-7-5-17(6-8-18)19-9-4-16(2)20(24)21(19)25/h4-9H,3,10-15H2,1-2H3. The van der Waals surface area contributed by atoms with E-state index in [9.17, 15) is 8.78 Å². The zero-order valence-electron chi connectivity index (χ0n) is 15.6. The van der Waals surface area contributed by atoms with E-state index >= 15 is 0 Å². The first-order chi connectivity index (χ1) is 12.5. The van der Waals surface area contributed by atoms with Crippen LogP contribution in [-0.2, 0) is 10.3 Å². The molecule has 2 bridgehead atoms. The molecule has 2 saturated heterocycles. The Morgan fingerprint density at radius 1 is 0.923 bits per heavy atom. The summed E-state index contributed by atoms with van der Waals surface area (Å²) in [4.78, 5) is 0. The molecule has 0 aromatic heterocycles. The summed E-state index contributed by atoms with van der Waals surface area (Å²) in [6, 6.07) is 11.1. The van der Waals surface area contributed by atoms with Gasteiger partial charge >= 0.3 is 0 Å². The lowest BCUT2D eigenvalue weighted by molar-refractivity contribution is -0.191. The van der Waals surface area contributed by atoms with Crippen molar-refractivity contribution in [2.75, 3.05) is 6.61 Å². The number of hydrogen-bond donors (Lipinski definition) is 0. The predicted molar refractivity (Wildman–Crippen MR) is 100.0 cm³/mol. The Hall–Kier alpha value is -1.74. The molecule has 0 unspecified atom stereocenters. The van der Waals surface area contributed by atoms with E-state index in [2.05, 4.69) is 6.92 Å². The molecule has 3 heteroatoms. The predicted octanol–water partition coefficient (Wildman–Crippen LogP) is 6.53. The Morgan fingerprint density at radius 2 is 1.62 bits per heavy atom. The maximum Gasteiger partial charge on any atom is 0.166 e. The fourth-order valence-electron chi connectivity index (χ4n) is 4.81. The maximum atomic E-state index is 14.3. The highest BCUT2D eigenvalue weighted by Gasteiger charge is 2.49. The number of halogens is 2. The highest BCUT2D eigenvalue weighted by atomic mass is 19.2. The number of ether oxygens (including phenoxy) is 1. The van der Waals surface area contributed by atoms with Crippen LogP contribution in [0.2, 0.25) is 0 Å². The van der Waals surface area contributed by atoms with Gasteiger partial charge in [0.05, 0.1) is 12.2 Å². The summed E-state index contributed by atoms with van der Waals surface area (Å²) < 4.78 is 34.5. The molecule has 3 fully saturated rings. The van der Waals surface area contributed by atoms with Crippen LogP contribution < -0.4 is 0 Å². The van der Waals surface area contributed by atoms with E-state index in [0.717, 1.165) is 19.4 Å². The molecular weight excluding hydrogens is 330 g/mol. The molecule has 2 aliphatic heterocycles. The third kappa shape index (κ3) is 2.77. The van der Waals surface area contributed by atoms with Gasteiger partial charge in [-0.2, -0.15) is 0 Å². The van der Waals surface area contributed by atoms with E-state index in [-0.39, 0.29) is 5.60 Å². The van der Waals surface area contributed by atoms with E-state index in [4.69, 9.17) is 4.74 Å². The molecule has 0 atom stereocenters. The summed E-state index contributed by atoms with van der Waals surface area (Å²) in [5.74, 6) is -1.54. The van der Waals surface area contributed by atoms with Gasteiger partial charge in [-0.3, -0.25) is 0 Å². The molecule has 0 radical (unpaired) electrons. The molecule has 2 heterocycles. The van der Waals surface area contributed by atoms with Gasteiger partial charge in [-0.05, 0) is 61.1 Å². The first-order valence-corrected chi connectivity index (χ1v) is 9.68. The minimum absolute atomic E-state index is 0.189. The average molecular weight is 356 g/mol. The van der Waals surface area contributed by atoms with E-state index < -0.39 is 11.6 Å². The fraction of sp³-hybridized carbons (Fsp3) is 0.478. The van der Waals surface area contributed by atoms with Crippen molar-refractivity contribution in [3.05, 3.63) is 59.2 Å². The van der Waals surface area contributed by atoms with Crippen molar-refractivity contribution in [2.45, 2.75) is 58.0 Å². The van der Waals surface area contributed by atoms with Gasteiger partial charge in [0.15, 0.2) is 11.6 Å². The summed E-state index contributed by atoms with van der Waals surface area (Å²) in [6.07, 6.45) is 7.02. The molecule has 1 aliphatic carbocycles. The van der Waals surface area contributed by atoms with Crippen molar-refractivity contribution in [1.82, 2.24) is 0 Å². The van der Waals surface area contributed by atoms with Crippen molar-refractivity contribution in [3.63, 3.8) is 0 Å². The number of rotatable bonds is 4. The van der Waals surface area contributed by atoms with Crippen LogP contribution in [0.15, 0.2) is 36.4 Å². The number of aryl methyl sites for hydroxylation is 1. The minimum atomic E-state index is -0.771. The Kier molecular flexibility index (Phi) is 4.38. The quantitative estimate of drug-likeness (QED) is 0.605. The Bertz CT molecular complexity index is 785. The van der Waals surface area contributed by atoms with Gasteiger partial charge in [-0.15, -0.1) is 0 Å². The molecule has 0 amide bonds. The molecule has 138 valence electrons. The lowest BCUT2D eigenvalue weighted by Crippen LogP contribution is -2.49.